The molecule has 1 aliphatic carbocycles. The minimum atomic E-state index is 0.221. The third-order valence-electron chi connectivity index (χ3n) is 4.46. The first-order valence-electron chi connectivity index (χ1n) is 7.60. The van der Waals surface area contributed by atoms with Gasteiger partial charge < -0.3 is 14.8 Å². The van der Waals surface area contributed by atoms with Crippen molar-refractivity contribution in [3.8, 4) is 0 Å². The lowest BCUT2D eigenvalue weighted by Gasteiger charge is -2.44. The van der Waals surface area contributed by atoms with Gasteiger partial charge in [0.25, 0.3) is 0 Å². The van der Waals surface area contributed by atoms with Crippen LogP contribution in [0.5, 0.6) is 0 Å². The van der Waals surface area contributed by atoms with E-state index in [2.05, 4.69) is 12.2 Å². The van der Waals surface area contributed by atoms with Gasteiger partial charge in [-0.25, -0.2) is 0 Å². The molecule has 0 radical (unpaired) electrons. The molecule has 1 saturated heterocycles. The summed E-state index contributed by atoms with van der Waals surface area (Å²) in [5.74, 6) is 0.597. The molecule has 18 heavy (non-hydrogen) atoms. The summed E-state index contributed by atoms with van der Waals surface area (Å²) < 4.78 is 11.3. The van der Waals surface area contributed by atoms with E-state index in [1.54, 1.807) is 7.11 Å². The average molecular weight is 255 g/mol. The molecule has 2 atom stereocenters. The van der Waals surface area contributed by atoms with Gasteiger partial charge in [-0.2, -0.15) is 0 Å². The summed E-state index contributed by atoms with van der Waals surface area (Å²) in [6.45, 7) is 5.10. The zero-order valence-corrected chi connectivity index (χ0v) is 12.0. The van der Waals surface area contributed by atoms with E-state index >= 15 is 0 Å². The van der Waals surface area contributed by atoms with Gasteiger partial charge in [-0.3, -0.25) is 0 Å². The highest BCUT2D eigenvalue weighted by molar-refractivity contribution is 4.92. The van der Waals surface area contributed by atoms with Crippen molar-refractivity contribution in [2.45, 2.75) is 63.5 Å². The second-order valence-electron chi connectivity index (χ2n) is 6.25. The summed E-state index contributed by atoms with van der Waals surface area (Å²) in [5, 5.41) is 3.72. The molecule has 3 heteroatoms. The van der Waals surface area contributed by atoms with E-state index in [9.17, 15) is 0 Å². The van der Waals surface area contributed by atoms with Gasteiger partial charge in [0.15, 0.2) is 0 Å². The van der Waals surface area contributed by atoms with Gasteiger partial charge in [0.1, 0.15) is 0 Å². The molecule has 1 spiro atoms. The number of nitrogens with one attached hydrogen (secondary N) is 1. The molecule has 1 N–H and O–H groups in total. The van der Waals surface area contributed by atoms with Crippen LogP contribution in [0.25, 0.3) is 0 Å². The molecule has 1 heterocycles. The Balaban J connectivity index is 1.76. The van der Waals surface area contributed by atoms with Crippen molar-refractivity contribution in [1.29, 1.82) is 0 Å². The van der Waals surface area contributed by atoms with E-state index in [0.717, 1.165) is 19.8 Å². The highest BCUT2D eigenvalue weighted by Gasteiger charge is 2.38. The summed E-state index contributed by atoms with van der Waals surface area (Å²) in [6, 6.07) is 0.649. The Bertz CT molecular complexity index is 233. The highest BCUT2D eigenvalue weighted by atomic mass is 16.5. The van der Waals surface area contributed by atoms with Crippen molar-refractivity contribution in [3.63, 3.8) is 0 Å². The van der Waals surface area contributed by atoms with E-state index < -0.39 is 0 Å². The van der Waals surface area contributed by atoms with Crippen molar-refractivity contribution in [2.75, 3.05) is 26.9 Å². The van der Waals surface area contributed by atoms with Gasteiger partial charge in [-0.15, -0.1) is 0 Å². The standard InChI is InChI=1S/C15H29NO2/c1-13(12-17-2)11-16-14-6-9-18-15(10-14)7-4-3-5-8-15/h13-14,16H,3-12H2,1-2H3. The van der Waals surface area contributed by atoms with Crippen molar-refractivity contribution in [2.24, 2.45) is 5.92 Å². The largest absolute Gasteiger partial charge is 0.384 e. The Kier molecular flexibility index (Phi) is 5.46. The Morgan fingerprint density at radius 3 is 2.83 bits per heavy atom. The number of ether oxygens (including phenoxy) is 2. The van der Waals surface area contributed by atoms with E-state index in [1.165, 1.54) is 44.9 Å². The first-order chi connectivity index (χ1) is 8.74. The Labute approximate surface area is 112 Å². The second-order valence-corrected chi connectivity index (χ2v) is 6.25. The zero-order valence-electron chi connectivity index (χ0n) is 12.0. The molecule has 0 aromatic rings. The molecule has 0 bridgehead atoms. The minimum Gasteiger partial charge on any atom is -0.384 e. The van der Waals surface area contributed by atoms with Crippen LogP contribution in [0, 0.1) is 5.92 Å². The maximum Gasteiger partial charge on any atom is 0.0697 e. The SMILES string of the molecule is COCC(C)CNC1CCOC2(CCCCC2)C1. The van der Waals surface area contributed by atoms with Crippen LogP contribution in [0.3, 0.4) is 0 Å². The quantitative estimate of drug-likeness (QED) is 0.819. The third-order valence-corrected chi connectivity index (χ3v) is 4.46. The van der Waals surface area contributed by atoms with Crippen molar-refractivity contribution < 1.29 is 9.47 Å². The zero-order chi connectivity index (χ0) is 12.8. The normalized spacial score (nSPS) is 29.3. The minimum absolute atomic E-state index is 0.221. The maximum atomic E-state index is 6.13. The van der Waals surface area contributed by atoms with Gasteiger partial charge in [0, 0.05) is 32.9 Å². The Hall–Kier alpha value is -0.120. The van der Waals surface area contributed by atoms with Crippen LogP contribution in [0.2, 0.25) is 0 Å². The van der Waals surface area contributed by atoms with Gasteiger partial charge in [0.2, 0.25) is 0 Å². The highest BCUT2D eigenvalue weighted by Crippen LogP contribution is 2.38. The van der Waals surface area contributed by atoms with E-state index in [4.69, 9.17) is 9.47 Å². The average Bonchev–Trinajstić information content (AvgIpc) is 2.38. The van der Waals surface area contributed by atoms with Crippen LogP contribution >= 0.6 is 0 Å². The van der Waals surface area contributed by atoms with Crippen LogP contribution in [0.1, 0.15) is 51.9 Å². The number of hydrogen-bond acceptors (Lipinski definition) is 3. The molecule has 3 nitrogen and oxygen atoms in total. The summed E-state index contributed by atoms with van der Waals surface area (Å²) in [5.41, 5.74) is 0.221. The summed E-state index contributed by atoms with van der Waals surface area (Å²) in [4.78, 5) is 0. The lowest BCUT2D eigenvalue weighted by molar-refractivity contribution is -0.109. The fraction of sp³-hybridized carbons (Fsp3) is 1.00. The van der Waals surface area contributed by atoms with Gasteiger partial charge in [0.05, 0.1) is 5.60 Å². The van der Waals surface area contributed by atoms with Crippen LogP contribution in [0.15, 0.2) is 0 Å². The van der Waals surface area contributed by atoms with Crippen molar-refractivity contribution in [1.82, 2.24) is 5.32 Å². The molecule has 1 saturated carbocycles. The topological polar surface area (TPSA) is 30.5 Å². The van der Waals surface area contributed by atoms with Crippen molar-refractivity contribution >= 4 is 0 Å². The number of rotatable bonds is 5. The monoisotopic (exact) mass is 255 g/mol. The lowest BCUT2D eigenvalue weighted by atomic mass is 9.78. The first-order valence-corrected chi connectivity index (χ1v) is 7.60. The molecule has 2 unspecified atom stereocenters. The van der Waals surface area contributed by atoms with Gasteiger partial charge in [-0.05, 0) is 31.6 Å². The van der Waals surface area contributed by atoms with Crippen LogP contribution < -0.4 is 5.32 Å². The molecule has 0 aromatic carbocycles. The fourth-order valence-electron chi connectivity index (χ4n) is 3.46. The predicted molar refractivity (Wildman–Crippen MR) is 73.8 cm³/mol. The van der Waals surface area contributed by atoms with E-state index in [-0.39, 0.29) is 5.60 Å². The molecular weight excluding hydrogens is 226 g/mol. The van der Waals surface area contributed by atoms with Crippen LogP contribution in [-0.4, -0.2) is 38.5 Å². The third kappa shape index (κ3) is 3.94. The number of methoxy groups -OCH3 is 1. The van der Waals surface area contributed by atoms with Crippen LogP contribution in [-0.2, 0) is 9.47 Å². The first kappa shape index (κ1) is 14.3. The smallest absolute Gasteiger partial charge is 0.0697 e. The molecule has 0 amide bonds. The molecule has 1 aliphatic heterocycles. The summed E-state index contributed by atoms with van der Waals surface area (Å²) >= 11 is 0. The summed E-state index contributed by atoms with van der Waals surface area (Å²) in [6.07, 6.45) is 9.04. The Morgan fingerprint density at radius 2 is 2.11 bits per heavy atom. The summed E-state index contributed by atoms with van der Waals surface area (Å²) in [7, 11) is 1.78. The van der Waals surface area contributed by atoms with E-state index in [1.807, 2.05) is 0 Å². The number of hydrogen-bond donors (Lipinski definition) is 1. The van der Waals surface area contributed by atoms with Crippen LogP contribution in [0.4, 0.5) is 0 Å². The maximum absolute atomic E-state index is 6.13. The Morgan fingerprint density at radius 1 is 1.33 bits per heavy atom. The fourth-order valence-corrected chi connectivity index (χ4v) is 3.46. The molecule has 0 aromatic heterocycles. The predicted octanol–water partition coefficient (Wildman–Crippen LogP) is 2.74. The van der Waals surface area contributed by atoms with Gasteiger partial charge in [-0.1, -0.05) is 26.2 Å². The van der Waals surface area contributed by atoms with Crippen molar-refractivity contribution in [3.05, 3.63) is 0 Å². The molecule has 2 rings (SSSR count). The molecule has 106 valence electrons. The molecule has 2 aliphatic rings. The molecule has 2 fully saturated rings. The lowest BCUT2D eigenvalue weighted by Crippen LogP contribution is -2.48. The molecular formula is C15H29NO2. The van der Waals surface area contributed by atoms with E-state index in [0.29, 0.717) is 12.0 Å². The van der Waals surface area contributed by atoms with Gasteiger partial charge >= 0.3 is 0 Å². The second kappa shape index (κ2) is 6.88.